The van der Waals surface area contributed by atoms with E-state index < -0.39 is 0 Å². The number of nitrogen functional groups attached to an aromatic ring is 1. The van der Waals surface area contributed by atoms with Gasteiger partial charge in [0.05, 0.1) is 5.56 Å². The first-order valence-electron chi connectivity index (χ1n) is 5.97. The minimum absolute atomic E-state index is 0.309. The van der Waals surface area contributed by atoms with Gasteiger partial charge in [-0.3, -0.25) is 0 Å². The van der Waals surface area contributed by atoms with E-state index in [0.717, 1.165) is 6.54 Å². The highest BCUT2D eigenvalue weighted by atomic mass is 19.1. The molecule has 1 saturated carbocycles. The van der Waals surface area contributed by atoms with Crippen molar-refractivity contribution in [2.24, 2.45) is 5.92 Å². The van der Waals surface area contributed by atoms with Gasteiger partial charge in [0.2, 0.25) is 0 Å². The van der Waals surface area contributed by atoms with Crippen LogP contribution in [0.5, 0.6) is 0 Å². The van der Waals surface area contributed by atoms with Crippen molar-refractivity contribution in [3.8, 4) is 11.4 Å². The molecule has 1 aromatic heterocycles. The molecule has 3 rings (SSSR count). The molecule has 0 spiro atoms. The van der Waals surface area contributed by atoms with E-state index in [-0.39, 0.29) is 5.82 Å². The fourth-order valence-corrected chi connectivity index (χ4v) is 2.03. The van der Waals surface area contributed by atoms with Gasteiger partial charge >= 0.3 is 0 Å². The van der Waals surface area contributed by atoms with Crippen molar-refractivity contribution in [2.75, 3.05) is 5.73 Å². The minimum atomic E-state index is -0.309. The Morgan fingerprint density at radius 1 is 1.44 bits per heavy atom. The second-order valence-corrected chi connectivity index (χ2v) is 4.83. The predicted molar refractivity (Wildman–Crippen MR) is 65.1 cm³/mol. The van der Waals surface area contributed by atoms with Gasteiger partial charge in [0.25, 0.3) is 0 Å². The van der Waals surface area contributed by atoms with Gasteiger partial charge in [0.15, 0.2) is 5.82 Å². The number of benzene rings is 1. The normalized spacial score (nSPS) is 15.0. The first-order chi connectivity index (χ1) is 8.65. The lowest BCUT2D eigenvalue weighted by atomic mass is 10.1. The third-order valence-corrected chi connectivity index (χ3v) is 3.18. The lowest BCUT2D eigenvalue weighted by molar-refractivity contribution is 0.545. The molecule has 1 fully saturated rings. The summed E-state index contributed by atoms with van der Waals surface area (Å²) in [6, 6.07) is 3.19. The van der Waals surface area contributed by atoms with Crippen LogP contribution in [-0.2, 0) is 6.54 Å². The van der Waals surface area contributed by atoms with E-state index in [2.05, 4.69) is 15.5 Å². The van der Waals surface area contributed by atoms with Crippen molar-refractivity contribution in [2.45, 2.75) is 26.3 Å². The summed E-state index contributed by atoms with van der Waals surface area (Å²) in [6.45, 7) is 2.43. The zero-order valence-electron chi connectivity index (χ0n) is 10.1. The Morgan fingerprint density at radius 2 is 2.22 bits per heavy atom. The molecule has 18 heavy (non-hydrogen) atoms. The number of aryl methyl sites for hydroxylation is 1. The van der Waals surface area contributed by atoms with Crippen molar-refractivity contribution < 1.29 is 4.39 Å². The number of tetrazole rings is 1. The number of anilines is 1. The van der Waals surface area contributed by atoms with Crippen molar-refractivity contribution in [1.82, 2.24) is 20.2 Å². The second kappa shape index (κ2) is 4.04. The van der Waals surface area contributed by atoms with Crippen molar-refractivity contribution in [3.63, 3.8) is 0 Å². The molecule has 0 unspecified atom stereocenters. The molecule has 0 aliphatic heterocycles. The molecule has 94 valence electrons. The van der Waals surface area contributed by atoms with Crippen LogP contribution in [-0.4, -0.2) is 20.2 Å². The lowest BCUT2D eigenvalue weighted by Gasteiger charge is -2.07. The zero-order valence-corrected chi connectivity index (χ0v) is 10.1. The number of aromatic nitrogens is 4. The molecule has 0 amide bonds. The third-order valence-electron chi connectivity index (χ3n) is 3.18. The Labute approximate surface area is 104 Å². The maximum atomic E-state index is 14.1. The number of halogens is 1. The summed E-state index contributed by atoms with van der Waals surface area (Å²) in [5.41, 5.74) is 7.15. The van der Waals surface area contributed by atoms with E-state index >= 15 is 0 Å². The van der Waals surface area contributed by atoms with Gasteiger partial charge in [0, 0.05) is 12.2 Å². The van der Waals surface area contributed by atoms with Crippen molar-refractivity contribution >= 4 is 5.69 Å². The Bertz CT molecular complexity index is 588. The van der Waals surface area contributed by atoms with E-state index in [9.17, 15) is 4.39 Å². The van der Waals surface area contributed by atoms with Crippen LogP contribution < -0.4 is 5.73 Å². The summed E-state index contributed by atoms with van der Waals surface area (Å²) < 4.78 is 15.8. The lowest BCUT2D eigenvalue weighted by Crippen LogP contribution is -2.06. The van der Waals surface area contributed by atoms with E-state index in [4.69, 9.17) is 5.73 Å². The SMILES string of the molecule is Cc1cc(N)cc(-c2nnnn2CC2CC2)c1F. The molecule has 1 aromatic carbocycles. The Balaban J connectivity index is 2.06. The highest BCUT2D eigenvalue weighted by Gasteiger charge is 2.25. The average molecular weight is 247 g/mol. The number of nitrogens with zero attached hydrogens (tertiary/aromatic N) is 4. The molecule has 6 heteroatoms. The maximum absolute atomic E-state index is 14.1. The average Bonchev–Trinajstić information content (AvgIpc) is 3.01. The van der Waals surface area contributed by atoms with Gasteiger partial charge < -0.3 is 5.73 Å². The number of hydrogen-bond donors (Lipinski definition) is 1. The molecule has 2 aromatic rings. The number of rotatable bonds is 3. The quantitative estimate of drug-likeness (QED) is 0.839. The van der Waals surface area contributed by atoms with Crippen LogP contribution in [0, 0.1) is 18.7 Å². The molecule has 1 heterocycles. The summed E-state index contributed by atoms with van der Waals surface area (Å²) in [5, 5.41) is 11.5. The molecule has 0 radical (unpaired) electrons. The molecule has 0 bridgehead atoms. The van der Waals surface area contributed by atoms with E-state index in [1.165, 1.54) is 12.8 Å². The van der Waals surface area contributed by atoms with E-state index in [1.807, 2.05) is 0 Å². The Hall–Kier alpha value is -1.98. The van der Waals surface area contributed by atoms with Crippen LogP contribution in [0.1, 0.15) is 18.4 Å². The van der Waals surface area contributed by atoms with Crippen LogP contribution in [0.15, 0.2) is 12.1 Å². The van der Waals surface area contributed by atoms with E-state index in [1.54, 1.807) is 23.7 Å². The van der Waals surface area contributed by atoms with Gasteiger partial charge in [-0.05, 0) is 53.8 Å². The molecular formula is C12H14FN5. The molecule has 1 aliphatic carbocycles. The zero-order chi connectivity index (χ0) is 12.7. The highest BCUT2D eigenvalue weighted by Crippen LogP contribution is 2.32. The Kier molecular flexibility index (Phi) is 2.50. The third kappa shape index (κ3) is 1.94. The molecule has 1 aliphatic rings. The monoisotopic (exact) mass is 247 g/mol. The standard InChI is InChI=1S/C12H14FN5/c1-7-4-9(14)5-10(11(7)13)12-15-16-17-18(12)6-8-2-3-8/h4-5,8H,2-3,6,14H2,1H3. The van der Waals surface area contributed by atoms with Crippen molar-refractivity contribution in [3.05, 3.63) is 23.5 Å². The van der Waals surface area contributed by atoms with Crippen LogP contribution in [0.4, 0.5) is 10.1 Å². The van der Waals surface area contributed by atoms with Crippen LogP contribution in [0.2, 0.25) is 0 Å². The number of hydrogen-bond acceptors (Lipinski definition) is 4. The summed E-state index contributed by atoms with van der Waals surface area (Å²) >= 11 is 0. The first-order valence-corrected chi connectivity index (χ1v) is 5.97. The van der Waals surface area contributed by atoms with Gasteiger partial charge in [-0.25, -0.2) is 9.07 Å². The van der Waals surface area contributed by atoms with Crippen LogP contribution >= 0.6 is 0 Å². The number of nitrogens with two attached hydrogens (primary N) is 1. The van der Waals surface area contributed by atoms with Crippen LogP contribution in [0.3, 0.4) is 0 Å². The van der Waals surface area contributed by atoms with Gasteiger partial charge in [-0.1, -0.05) is 0 Å². The summed E-state index contributed by atoms with van der Waals surface area (Å²) in [6.07, 6.45) is 2.38. The summed E-state index contributed by atoms with van der Waals surface area (Å²) in [5.74, 6) is 0.767. The topological polar surface area (TPSA) is 69.6 Å². The first kappa shape index (κ1) is 11.1. The minimum Gasteiger partial charge on any atom is -0.399 e. The van der Waals surface area contributed by atoms with Gasteiger partial charge in [-0.2, -0.15) is 0 Å². The smallest absolute Gasteiger partial charge is 0.185 e. The second-order valence-electron chi connectivity index (χ2n) is 4.83. The summed E-state index contributed by atoms with van der Waals surface area (Å²) in [4.78, 5) is 0. The van der Waals surface area contributed by atoms with Crippen LogP contribution in [0.25, 0.3) is 11.4 Å². The largest absolute Gasteiger partial charge is 0.399 e. The summed E-state index contributed by atoms with van der Waals surface area (Å²) in [7, 11) is 0. The maximum Gasteiger partial charge on any atom is 0.185 e. The predicted octanol–water partition coefficient (Wildman–Crippen LogP) is 1.78. The fraction of sp³-hybridized carbons (Fsp3) is 0.417. The van der Waals surface area contributed by atoms with Gasteiger partial charge in [0.1, 0.15) is 5.82 Å². The van der Waals surface area contributed by atoms with Crippen molar-refractivity contribution in [1.29, 1.82) is 0 Å². The molecule has 2 N–H and O–H groups in total. The molecule has 0 atom stereocenters. The molecule has 5 nitrogen and oxygen atoms in total. The highest BCUT2D eigenvalue weighted by molar-refractivity contribution is 5.63. The Morgan fingerprint density at radius 3 is 2.94 bits per heavy atom. The van der Waals surface area contributed by atoms with Gasteiger partial charge in [-0.15, -0.1) is 5.10 Å². The van der Waals surface area contributed by atoms with E-state index in [0.29, 0.717) is 28.6 Å². The molecular weight excluding hydrogens is 233 g/mol. The fourth-order valence-electron chi connectivity index (χ4n) is 2.03. The molecule has 0 saturated heterocycles.